The number of rotatable bonds is 5. The van der Waals surface area contributed by atoms with Crippen molar-refractivity contribution < 1.29 is 0 Å². The molecule has 0 aromatic rings. The number of nitrogens with one attached hydrogen (secondary N) is 1. The summed E-state index contributed by atoms with van der Waals surface area (Å²) in [6, 6.07) is 2.26. The summed E-state index contributed by atoms with van der Waals surface area (Å²) in [7, 11) is 2.28. The fourth-order valence-corrected chi connectivity index (χ4v) is 2.69. The molecule has 0 spiro atoms. The molecule has 0 amide bonds. The molecule has 2 nitrogen and oxygen atoms in total. The average Bonchev–Trinajstić information content (AvgIpc) is 2.18. The van der Waals surface area contributed by atoms with E-state index in [1.165, 1.54) is 38.6 Å². The van der Waals surface area contributed by atoms with Crippen LogP contribution in [0, 0.1) is 0 Å². The Labute approximate surface area is 95.4 Å². The van der Waals surface area contributed by atoms with Gasteiger partial charge in [-0.1, -0.05) is 20.8 Å². The summed E-state index contributed by atoms with van der Waals surface area (Å²) < 4.78 is 0. The standard InChI is InChI=1S/C13H28N2/c1-5-10-15(4)13-8-6-12(7-9-13)14-11(2)3/h11-14H,5-10H2,1-4H3/t12-,13-. The number of hydrogen-bond acceptors (Lipinski definition) is 2. The fourth-order valence-electron chi connectivity index (χ4n) is 2.69. The van der Waals surface area contributed by atoms with Crippen molar-refractivity contribution in [2.24, 2.45) is 0 Å². The zero-order valence-corrected chi connectivity index (χ0v) is 10.9. The predicted octanol–water partition coefficient (Wildman–Crippen LogP) is 2.64. The van der Waals surface area contributed by atoms with Gasteiger partial charge < -0.3 is 10.2 Å². The molecule has 0 bridgehead atoms. The molecule has 0 aliphatic heterocycles. The van der Waals surface area contributed by atoms with Crippen LogP contribution in [0.4, 0.5) is 0 Å². The molecule has 1 fully saturated rings. The van der Waals surface area contributed by atoms with Crippen molar-refractivity contribution >= 4 is 0 Å². The zero-order valence-electron chi connectivity index (χ0n) is 10.9. The minimum absolute atomic E-state index is 0.639. The molecule has 0 aromatic carbocycles. The van der Waals surface area contributed by atoms with E-state index in [-0.39, 0.29) is 0 Å². The molecule has 1 saturated carbocycles. The first-order valence-electron chi connectivity index (χ1n) is 6.59. The van der Waals surface area contributed by atoms with E-state index >= 15 is 0 Å². The molecule has 1 rings (SSSR count). The zero-order chi connectivity index (χ0) is 11.3. The van der Waals surface area contributed by atoms with Crippen molar-refractivity contribution in [3.05, 3.63) is 0 Å². The van der Waals surface area contributed by atoms with Crippen LogP contribution in [0.15, 0.2) is 0 Å². The Morgan fingerprint density at radius 2 is 1.80 bits per heavy atom. The Balaban J connectivity index is 2.23. The second-order valence-electron chi connectivity index (χ2n) is 5.31. The molecule has 1 N–H and O–H groups in total. The molecule has 90 valence electrons. The SMILES string of the molecule is CCCN(C)[C@H]1CC[C@H](NC(C)C)CC1. The van der Waals surface area contributed by atoms with Gasteiger partial charge in [0.1, 0.15) is 0 Å². The highest BCUT2D eigenvalue weighted by molar-refractivity contribution is 4.82. The summed E-state index contributed by atoms with van der Waals surface area (Å²) in [5.41, 5.74) is 0. The van der Waals surface area contributed by atoms with Crippen LogP contribution < -0.4 is 5.32 Å². The third-order valence-corrected chi connectivity index (χ3v) is 3.47. The molecular formula is C13H28N2. The van der Waals surface area contributed by atoms with Gasteiger partial charge in [0.25, 0.3) is 0 Å². The van der Waals surface area contributed by atoms with Crippen LogP contribution in [0.2, 0.25) is 0 Å². The van der Waals surface area contributed by atoms with Gasteiger partial charge in [-0.05, 0) is 45.7 Å². The maximum Gasteiger partial charge on any atom is 0.00933 e. The van der Waals surface area contributed by atoms with Gasteiger partial charge in [0, 0.05) is 18.1 Å². The molecule has 1 aliphatic carbocycles. The Bertz CT molecular complexity index is 160. The van der Waals surface area contributed by atoms with E-state index in [0.29, 0.717) is 6.04 Å². The summed E-state index contributed by atoms with van der Waals surface area (Å²) in [6.45, 7) is 8.01. The van der Waals surface area contributed by atoms with Crippen molar-refractivity contribution in [1.29, 1.82) is 0 Å². The van der Waals surface area contributed by atoms with E-state index in [1.54, 1.807) is 0 Å². The third-order valence-electron chi connectivity index (χ3n) is 3.47. The highest BCUT2D eigenvalue weighted by atomic mass is 15.1. The lowest BCUT2D eigenvalue weighted by atomic mass is 9.90. The highest BCUT2D eigenvalue weighted by Crippen LogP contribution is 2.22. The van der Waals surface area contributed by atoms with Crippen LogP contribution in [-0.4, -0.2) is 36.6 Å². The molecule has 0 heterocycles. The summed E-state index contributed by atoms with van der Waals surface area (Å²) in [4.78, 5) is 2.55. The van der Waals surface area contributed by atoms with Gasteiger partial charge >= 0.3 is 0 Å². The molecule has 0 unspecified atom stereocenters. The second-order valence-corrected chi connectivity index (χ2v) is 5.31. The summed E-state index contributed by atoms with van der Waals surface area (Å²) in [5.74, 6) is 0. The van der Waals surface area contributed by atoms with Gasteiger partial charge in [-0.2, -0.15) is 0 Å². The van der Waals surface area contributed by atoms with E-state index in [1.807, 2.05) is 0 Å². The van der Waals surface area contributed by atoms with E-state index in [2.05, 4.69) is 38.0 Å². The lowest BCUT2D eigenvalue weighted by Gasteiger charge is -2.35. The molecule has 1 aliphatic rings. The van der Waals surface area contributed by atoms with Crippen molar-refractivity contribution in [1.82, 2.24) is 10.2 Å². The van der Waals surface area contributed by atoms with E-state index in [0.717, 1.165) is 12.1 Å². The lowest BCUT2D eigenvalue weighted by molar-refractivity contribution is 0.172. The Kier molecular flexibility index (Phi) is 5.62. The van der Waals surface area contributed by atoms with E-state index in [4.69, 9.17) is 0 Å². The summed E-state index contributed by atoms with van der Waals surface area (Å²) >= 11 is 0. The topological polar surface area (TPSA) is 15.3 Å². The predicted molar refractivity (Wildman–Crippen MR) is 67.2 cm³/mol. The van der Waals surface area contributed by atoms with Crippen LogP contribution in [0.3, 0.4) is 0 Å². The monoisotopic (exact) mass is 212 g/mol. The van der Waals surface area contributed by atoms with Crippen molar-refractivity contribution in [3.8, 4) is 0 Å². The Hall–Kier alpha value is -0.0800. The first-order chi connectivity index (χ1) is 7.13. The van der Waals surface area contributed by atoms with Crippen LogP contribution >= 0.6 is 0 Å². The van der Waals surface area contributed by atoms with Crippen molar-refractivity contribution in [2.45, 2.75) is 71.0 Å². The first-order valence-corrected chi connectivity index (χ1v) is 6.59. The lowest BCUT2D eigenvalue weighted by Crippen LogP contribution is -2.43. The normalized spacial score (nSPS) is 27.6. The minimum Gasteiger partial charge on any atom is -0.312 e. The Morgan fingerprint density at radius 1 is 1.20 bits per heavy atom. The molecule has 0 radical (unpaired) electrons. The third kappa shape index (κ3) is 4.52. The Morgan fingerprint density at radius 3 is 2.27 bits per heavy atom. The minimum atomic E-state index is 0.639. The van der Waals surface area contributed by atoms with Gasteiger partial charge in [0.15, 0.2) is 0 Å². The second kappa shape index (κ2) is 6.49. The molecule has 15 heavy (non-hydrogen) atoms. The van der Waals surface area contributed by atoms with Gasteiger partial charge in [-0.15, -0.1) is 0 Å². The van der Waals surface area contributed by atoms with Gasteiger partial charge in [-0.3, -0.25) is 0 Å². The van der Waals surface area contributed by atoms with Gasteiger partial charge in [0.2, 0.25) is 0 Å². The van der Waals surface area contributed by atoms with E-state index in [9.17, 15) is 0 Å². The van der Waals surface area contributed by atoms with Crippen LogP contribution in [0.25, 0.3) is 0 Å². The molecule has 0 aromatic heterocycles. The number of hydrogen-bond donors (Lipinski definition) is 1. The van der Waals surface area contributed by atoms with Crippen LogP contribution in [-0.2, 0) is 0 Å². The van der Waals surface area contributed by atoms with Crippen LogP contribution in [0.1, 0.15) is 52.9 Å². The highest BCUT2D eigenvalue weighted by Gasteiger charge is 2.23. The van der Waals surface area contributed by atoms with Crippen LogP contribution in [0.5, 0.6) is 0 Å². The van der Waals surface area contributed by atoms with E-state index < -0.39 is 0 Å². The molecule has 0 atom stereocenters. The van der Waals surface area contributed by atoms with Crippen molar-refractivity contribution in [3.63, 3.8) is 0 Å². The van der Waals surface area contributed by atoms with Gasteiger partial charge in [-0.25, -0.2) is 0 Å². The maximum absolute atomic E-state index is 3.65. The quantitative estimate of drug-likeness (QED) is 0.753. The molecular weight excluding hydrogens is 184 g/mol. The average molecular weight is 212 g/mol. The first kappa shape index (κ1) is 13.0. The maximum atomic E-state index is 3.65. The fraction of sp³-hybridized carbons (Fsp3) is 1.00. The molecule has 2 heteroatoms. The summed E-state index contributed by atoms with van der Waals surface area (Å²) in [6.07, 6.45) is 6.75. The summed E-state index contributed by atoms with van der Waals surface area (Å²) in [5, 5.41) is 3.65. The van der Waals surface area contributed by atoms with Crippen molar-refractivity contribution in [2.75, 3.05) is 13.6 Å². The van der Waals surface area contributed by atoms with Gasteiger partial charge in [0.05, 0.1) is 0 Å². The number of nitrogens with zero attached hydrogens (tertiary/aromatic N) is 1. The molecule has 0 saturated heterocycles. The largest absolute Gasteiger partial charge is 0.312 e. The smallest absolute Gasteiger partial charge is 0.00933 e.